The van der Waals surface area contributed by atoms with E-state index >= 15 is 0 Å². The molecular weight excluding hydrogens is 338 g/mol. The van der Waals surface area contributed by atoms with Crippen molar-refractivity contribution in [2.45, 2.75) is 26.7 Å². The fourth-order valence-corrected chi connectivity index (χ4v) is 2.11. The van der Waals surface area contributed by atoms with Gasteiger partial charge in [-0.05, 0) is 28.8 Å². The first-order valence-corrected chi connectivity index (χ1v) is 7.63. The molecule has 8 nitrogen and oxygen atoms in total. The van der Waals surface area contributed by atoms with Crippen molar-refractivity contribution < 1.29 is 4.74 Å². The van der Waals surface area contributed by atoms with Crippen molar-refractivity contribution in [2.75, 3.05) is 18.5 Å². The van der Waals surface area contributed by atoms with Gasteiger partial charge in [-0.15, -0.1) is 5.10 Å². The van der Waals surface area contributed by atoms with E-state index < -0.39 is 0 Å². The lowest BCUT2D eigenvalue weighted by Gasteiger charge is -2.09. The second-order valence-corrected chi connectivity index (χ2v) is 5.14. The Labute approximate surface area is 131 Å². The van der Waals surface area contributed by atoms with Crippen molar-refractivity contribution in [3.8, 4) is 17.5 Å². The van der Waals surface area contributed by atoms with Gasteiger partial charge in [-0.25, -0.2) is 4.68 Å². The minimum Gasteiger partial charge on any atom is -0.463 e. The highest BCUT2D eigenvalue weighted by molar-refractivity contribution is 9.10. The molecule has 1 N–H and O–H groups in total. The number of aromatic nitrogens is 6. The molecule has 0 aliphatic carbocycles. The summed E-state index contributed by atoms with van der Waals surface area (Å²) in [7, 11) is 1.78. The largest absolute Gasteiger partial charge is 0.463 e. The normalized spacial score (nSPS) is 10.7. The number of hydrogen-bond donors (Lipinski definition) is 1. The van der Waals surface area contributed by atoms with Crippen LogP contribution in [0.15, 0.2) is 4.60 Å². The first kappa shape index (κ1) is 15.6. The van der Waals surface area contributed by atoms with Crippen LogP contribution in [0, 0.1) is 0 Å². The van der Waals surface area contributed by atoms with Crippen molar-refractivity contribution >= 4 is 21.9 Å². The van der Waals surface area contributed by atoms with E-state index in [9.17, 15) is 0 Å². The van der Waals surface area contributed by atoms with E-state index in [1.54, 1.807) is 11.7 Å². The van der Waals surface area contributed by atoms with Gasteiger partial charge in [-0.3, -0.25) is 0 Å². The smallest absolute Gasteiger partial charge is 0.321 e. The Kier molecular flexibility index (Phi) is 5.43. The summed E-state index contributed by atoms with van der Waals surface area (Å²) in [5.41, 5.74) is 0.679. The molecule has 0 amide bonds. The molecule has 0 aliphatic rings. The van der Waals surface area contributed by atoms with E-state index in [4.69, 9.17) is 4.74 Å². The Balaban J connectivity index is 2.39. The highest BCUT2D eigenvalue weighted by Gasteiger charge is 2.17. The Morgan fingerprint density at radius 2 is 2.00 bits per heavy atom. The summed E-state index contributed by atoms with van der Waals surface area (Å²) in [5.74, 6) is 0.954. The maximum absolute atomic E-state index is 5.53. The molecule has 2 aromatic heterocycles. The molecule has 0 aliphatic heterocycles. The standard InChI is InChI=1S/C12H18BrN7O/c1-4-6-14-11-15-10(8-9(13)18-19-20(8)3)16-12(17-11)21-7-5-2/h4-7H2,1-3H3,(H,14,15,16,17). The van der Waals surface area contributed by atoms with Gasteiger partial charge >= 0.3 is 6.01 Å². The summed E-state index contributed by atoms with van der Waals surface area (Å²) in [6, 6.07) is 0.300. The van der Waals surface area contributed by atoms with Gasteiger partial charge in [0.1, 0.15) is 5.69 Å². The summed E-state index contributed by atoms with van der Waals surface area (Å²) < 4.78 is 7.71. The van der Waals surface area contributed by atoms with E-state index in [0.29, 0.717) is 34.7 Å². The first-order valence-electron chi connectivity index (χ1n) is 6.84. The van der Waals surface area contributed by atoms with Crippen molar-refractivity contribution in [1.29, 1.82) is 0 Å². The summed E-state index contributed by atoms with van der Waals surface area (Å²) in [6.45, 7) is 5.44. The summed E-state index contributed by atoms with van der Waals surface area (Å²) in [4.78, 5) is 13.0. The van der Waals surface area contributed by atoms with Crippen LogP contribution < -0.4 is 10.1 Å². The number of anilines is 1. The third-order valence-corrected chi connectivity index (χ3v) is 3.11. The zero-order valence-electron chi connectivity index (χ0n) is 12.3. The van der Waals surface area contributed by atoms with E-state index in [0.717, 1.165) is 19.4 Å². The van der Waals surface area contributed by atoms with Crippen LogP contribution in [0.5, 0.6) is 6.01 Å². The quantitative estimate of drug-likeness (QED) is 0.812. The highest BCUT2D eigenvalue weighted by atomic mass is 79.9. The van der Waals surface area contributed by atoms with E-state index in [-0.39, 0.29) is 0 Å². The molecule has 0 aromatic carbocycles. The van der Waals surface area contributed by atoms with Crippen LogP contribution in [-0.4, -0.2) is 43.1 Å². The lowest BCUT2D eigenvalue weighted by atomic mass is 10.4. The number of nitrogens with zero attached hydrogens (tertiary/aromatic N) is 6. The lowest BCUT2D eigenvalue weighted by Crippen LogP contribution is -2.10. The average molecular weight is 356 g/mol. The molecule has 9 heteroatoms. The monoisotopic (exact) mass is 355 g/mol. The number of aryl methyl sites for hydroxylation is 1. The first-order chi connectivity index (χ1) is 10.2. The molecule has 0 bridgehead atoms. The number of ether oxygens (including phenoxy) is 1. The minimum atomic E-state index is 0.300. The van der Waals surface area contributed by atoms with Crippen LogP contribution in [-0.2, 0) is 7.05 Å². The molecular formula is C12H18BrN7O. The van der Waals surface area contributed by atoms with Crippen LogP contribution in [0.4, 0.5) is 5.95 Å². The fourth-order valence-electron chi connectivity index (χ4n) is 1.61. The molecule has 0 fully saturated rings. The summed E-state index contributed by atoms with van der Waals surface area (Å²) in [6.07, 6.45) is 1.86. The van der Waals surface area contributed by atoms with E-state index in [1.807, 2.05) is 6.92 Å². The lowest BCUT2D eigenvalue weighted by molar-refractivity contribution is 0.292. The maximum atomic E-state index is 5.53. The van der Waals surface area contributed by atoms with Gasteiger partial charge < -0.3 is 10.1 Å². The number of nitrogens with one attached hydrogen (secondary N) is 1. The van der Waals surface area contributed by atoms with Crippen LogP contribution in [0.3, 0.4) is 0 Å². The van der Waals surface area contributed by atoms with Crippen LogP contribution >= 0.6 is 15.9 Å². The molecule has 21 heavy (non-hydrogen) atoms. The van der Waals surface area contributed by atoms with Crippen molar-refractivity contribution in [1.82, 2.24) is 29.9 Å². The predicted octanol–water partition coefficient (Wildman–Crippen LogP) is 2.04. The minimum absolute atomic E-state index is 0.300. The Bertz CT molecular complexity index is 556. The van der Waals surface area contributed by atoms with Crippen molar-refractivity contribution in [2.24, 2.45) is 7.05 Å². The SMILES string of the molecule is CCCNc1nc(OCCC)nc(-c2c(Br)nnn2C)n1. The van der Waals surface area contributed by atoms with E-state index in [2.05, 4.69) is 53.4 Å². The Morgan fingerprint density at radius 1 is 1.19 bits per heavy atom. The molecule has 0 spiro atoms. The molecule has 0 radical (unpaired) electrons. The van der Waals surface area contributed by atoms with Gasteiger partial charge in [0.15, 0.2) is 10.4 Å². The van der Waals surface area contributed by atoms with Gasteiger partial charge in [-0.2, -0.15) is 15.0 Å². The van der Waals surface area contributed by atoms with Crippen LogP contribution in [0.2, 0.25) is 0 Å². The zero-order chi connectivity index (χ0) is 15.2. The summed E-state index contributed by atoms with van der Waals surface area (Å²) >= 11 is 3.35. The summed E-state index contributed by atoms with van der Waals surface area (Å²) in [5, 5.41) is 11.0. The molecule has 0 saturated carbocycles. The fraction of sp³-hybridized carbons (Fsp3) is 0.583. The molecule has 114 valence electrons. The molecule has 0 saturated heterocycles. The number of rotatable bonds is 7. The van der Waals surface area contributed by atoms with Gasteiger partial charge in [-0.1, -0.05) is 19.1 Å². The van der Waals surface area contributed by atoms with E-state index in [1.165, 1.54) is 0 Å². The van der Waals surface area contributed by atoms with Crippen molar-refractivity contribution in [3.05, 3.63) is 4.60 Å². The topological polar surface area (TPSA) is 90.6 Å². The number of halogens is 1. The van der Waals surface area contributed by atoms with Gasteiger partial charge in [0.25, 0.3) is 0 Å². The molecule has 2 rings (SSSR count). The van der Waals surface area contributed by atoms with Crippen molar-refractivity contribution in [3.63, 3.8) is 0 Å². The highest BCUT2D eigenvalue weighted by Crippen LogP contribution is 2.24. The average Bonchev–Trinajstić information content (AvgIpc) is 2.82. The molecule has 2 aromatic rings. The number of hydrogen-bond acceptors (Lipinski definition) is 7. The van der Waals surface area contributed by atoms with Gasteiger partial charge in [0.2, 0.25) is 5.95 Å². The van der Waals surface area contributed by atoms with Crippen LogP contribution in [0.1, 0.15) is 26.7 Å². The van der Waals surface area contributed by atoms with Gasteiger partial charge in [0, 0.05) is 13.6 Å². The zero-order valence-corrected chi connectivity index (χ0v) is 13.9. The van der Waals surface area contributed by atoms with Crippen LogP contribution in [0.25, 0.3) is 11.5 Å². The second kappa shape index (κ2) is 7.30. The molecule has 0 unspecified atom stereocenters. The second-order valence-electron chi connectivity index (χ2n) is 4.39. The van der Waals surface area contributed by atoms with Gasteiger partial charge in [0.05, 0.1) is 6.61 Å². The Hall–Kier alpha value is -1.77. The maximum Gasteiger partial charge on any atom is 0.321 e. The third kappa shape index (κ3) is 3.87. The Morgan fingerprint density at radius 3 is 2.62 bits per heavy atom. The predicted molar refractivity (Wildman–Crippen MR) is 82.1 cm³/mol. The molecule has 2 heterocycles. The molecule has 0 atom stereocenters. The third-order valence-electron chi connectivity index (χ3n) is 2.58.